The number of anilines is 1. The summed E-state index contributed by atoms with van der Waals surface area (Å²) in [6, 6.07) is 23.9. The Morgan fingerprint density at radius 2 is 1.52 bits per heavy atom. The molecule has 0 aliphatic rings. The number of sulfonamides is 1. The van der Waals surface area contributed by atoms with Crippen molar-refractivity contribution >= 4 is 39.1 Å². The Morgan fingerprint density at radius 3 is 2.13 bits per heavy atom. The molecule has 0 bridgehead atoms. The van der Waals surface area contributed by atoms with Crippen LogP contribution in [0.15, 0.2) is 102 Å². The molecule has 2 amide bonds. The number of methoxy groups -OCH3 is 2. The summed E-state index contributed by atoms with van der Waals surface area (Å²) in [7, 11) is -1.57. The quantitative estimate of drug-likeness (QED) is 0.191. The Labute approximate surface area is 273 Å². The van der Waals surface area contributed by atoms with E-state index >= 15 is 0 Å². The topological polar surface area (TPSA) is 105 Å². The van der Waals surface area contributed by atoms with Crippen molar-refractivity contribution < 1.29 is 31.9 Å². The summed E-state index contributed by atoms with van der Waals surface area (Å²) in [4.78, 5) is 29.1. The van der Waals surface area contributed by atoms with Crippen molar-refractivity contribution in [3.05, 3.63) is 119 Å². The highest BCUT2D eigenvalue weighted by Crippen LogP contribution is 2.33. The molecule has 0 heterocycles. The first-order chi connectivity index (χ1) is 22.1. The molecule has 0 aliphatic heterocycles. The van der Waals surface area contributed by atoms with E-state index in [2.05, 4.69) is 5.32 Å². The van der Waals surface area contributed by atoms with Crippen LogP contribution < -0.4 is 19.1 Å². The highest BCUT2D eigenvalue weighted by Gasteiger charge is 2.35. The standard InChI is InChI=1S/C34H35ClFN3O6S/c1-4-37-34(41)30(20-24-8-6-5-7-9-24)38(22-25-10-14-27(36)15-11-25)33(40)23-39(28-16-12-26(35)13-17-28)46(42,43)29-18-19-31(44-2)32(21-29)45-3/h5-19,21,30H,4,20,22-23H2,1-3H3,(H,37,41). The molecular formula is C34H35ClFN3O6S. The van der Waals surface area contributed by atoms with E-state index in [9.17, 15) is 22.4 Å². The molecule has 0 fully saturated rings. The van der Waals surface area contributed by atoms with Crippen LogP contribution in [0.4, 0.5) is 10.1 Å². The summed E-state index contributed by atoms with van der Waals surface area (Å²) in [5.74, 6) is -1.02. The van der Waals surface area contributed by atoms with Crippen molar-refractivity contribution in [3.8, 4) is 11.5 Å². The van der Waals surface area contributed by atoms with Gasteiger partial charge in [0.05, 0.1) is 24.8 Å². The lowest BCUT2D eigenvalue weighted by molar-refractivity contribution is -0.140. The molecule has 4 rings (SSSR count). The number of rotatable bonds is 14. The van der Waals surface area contributed by atoms with Gasteiger partial charge in [-0.25, -0.2) is 12.8 Å². The number of hydrogen-bond donors (Lipinski definition) is 1. The van der Waals surface area contributed by atoms with E-state index in [1.165, 1.54) is 85.8 Å². The molecule has 46 heavy (non-hydrogen) atoms. The average Bonchev–Trinajstić information content (AvgIpc) is 3.06. The normalized spacial score (nSPS) is 11.8. The minimum atomic E-state index is -4.39. The lowest BCUT2D eigenvalue weighted by atomic mass is 10.0. The van der Waals surface area contributed by atoms with E-state index in [4.69, 9.17) is 21.1 Å². The maximum Gasteiger partial charge on any atom is 0.264 e. The van der Waals surface area contributed by atoms with Gasteiger partial charge in [-0.15, -0.1) is 0 Å². The molecule has 0 aromatic heterocycles. The van der Waals surface area contributed by atoms with Crippen molar-refractivity contribution in [2.24, 2.45) is 0 Å². The lowest BCUT2D eigenvalue weighted by Gasteiger charge is -2.34. The number of ether oxygens (including phenoxy) is 2. The van der Waals surface area contributed by atoms with Crippen molar-refractivity contribution in [2.75, 3.05) is 31.6 Å². The first-order valence-electron chi connectivity index (χ1n) is 14.4. The molecule has 0 saturated heterocycles. The number of nitrogens with one attached hydrogen (secondary N) is 1. The summed E-state index contributed by atoms with van der Waals surface area (Å²) in [6.07, 6.45) is 0.156. The van der Waals surface area contributed by atoms with Gasteiger partial charge in [-0.1, -0.05) is 54.1 Å². The van der Waals surface area contributed by atoms with Gasteiger partial charge in [-0.3, -0.25) is 13.9 Å². The minimum absolute atomic E-state index is 0.0847. The average molecular weight is 668 g/mol. The Morgan fingerprint density at radius 1 is 0.870 bits per heavy atom. The smallest absolute Gasteiger partial charge is 0.264 e. The third-order valence-corrected chi connectivity index (χ3v) is 9.25. The number of hydrogen-bond acceptors (Lipinski definition) is 6. The second-order valence-corrected chi connectivity index (χ2v) is 12.6. The van der Waals surface area contributed by atoms with Gasteiger partial charge in [-0.2, -0.15) is 0 Å². The zero-order valence-electron chi connectivity index (χ0n) is 25.7. The molecule has 1 unspecified atom stereocenters. The number of likely N-dealkylation sites (N-methyl/N-ethyl adjacent to an activating group) is 1. The van der Waals surface area contributed by atoms with Gasteiger partial charge in [0.2, 0.25) is 11.8 Å². The maximum absolute atomic E-state index is 14.4. The number of carbonyl (C=O) groups is 2. The van der Waals surface area contributed by atoms with E-state index in [1.807, 2.05) is 30.3 Å². The van der Waals surface area contributed by atoms with Crippen molar-refractivity contribution in [2.45, 2.75) is 30.8 Å². The van der Waals surface area contributed by atoms with Gasteiger partial charge in [0, 0.05) is 30.6 Å². The molecule has 1 atom stereocenters. The first kappa shape index (κ1) is 34.3. The van der Waals surface area contributed by atoms with Crippen LogP contribution in [0.1, 0.15) is 18.1 Å². The number of carbonyl (C=O) groups excluding carboxylic acids is 2. The van der Waals surface area contributed by atoms with Crippen molar-refractivity contribution in [1.29, 1.82) is 0 Å². The third-order valence-electron chi connectivity index (χ3n) is 7.22. The Balaban J connectivity index is 1.81. The minimum Gasteiger partial charge on any atom is -0.493 e. The van der Waals surface area contributed by atoms with Crippen LogP contribution >= 0.6 is 11.6 Å². The van der Waals surface area contributed by atoms with Crippen molar-refractivity contribution in [1.82, 2.24) is 10.2 Å². The van der Waals surface area contributed by atoms with Crippen LogP contribution in [0, 0.1) is 5.82 Å². The van der Waals surface area contributed by atoms with Gasteiger partial charge >= 0.3 is 0 Å². The largest absolute Gasteiger partial charge is 0.493 e. The summed E-state index contributed by atoms with van der Waals surface area (Å²) in [5, 5.41) is 3.17. The fraction of sp³-hybridized carbons (Fsp3) is 0.235. The van der Waals surface area contributed by atoms with Crippen LogP contribution in [0.2, 0.25) is 5.02 Å². The van der Waals surface area contributed by atoms with E-state index in [-0.39, 0.29) is 29.3 Å². The number of benzene rings is 4. The Kier molecular flexibility index (Phi) is 11.6. The maximum atomic E-state index is 14.4. The zero-order chi connectivity index (χ0) is 33.3. The molecular weight excluding hydrogens is 633 g/mol. The molecule has 0 saturated carbocycles. The molecule has 0 aliphatic carbocycles. The molecule has 1 N–H and O–H groups in total. The predicted octanol–water partition coefficient (Wildman–Crippen LogP) is 5.47. The first-order valence-corrected chi connectivity index (χ1v) is 16.2. The molecule has 12 heteroatoms. The van der Waals surface area contributed by atoms with Crippen LogP contribution in [-0.4, -0.2) is 58.5 Å². The zero-order valence-corrected chi connectivity index (χ0v) is 27.2. The van der Waals surface area contributed by atoms with E-state index in [0.717, 1.165) is 9.87 Å². The van der Waals surface area contributed by atoms with E-state index in [1.54, 1.807) is 6.92 Å². The summed E-state index contributed by atoms with van der Waals surface area (Å²) >= 11 is 6.12. The second kappa shape index (κ2) is 15.6. The Hall–Kier alpha value is -4.61. The third kappa shape index (κ3) is 8.35. The monoisotopic (exact) mass is 667 g/mol. The highest BCUT2D eigenvalue weighted by molar-refractivity contribution is 7.92. The van der Waals surface area contributed by atoms with Gasteiger partial charge < -0.3 is 19.7 Å². The van der Waals surface area contributed by atoms with Crippen LogP contribution in [-0.2, 0) is 32.6 Å². The summed E-state index contributed by atoms with van der Waals surface area (Å²) < 4.78 is 53.8. The second-order valence-electron chi connectivity index (χ2n) is 10.3. The number of halogens is 2. The SMILES string of the molecule is CCNC(=O)C(Cc1ccccc1)N(Cc1ccc(F)cc1)C(=O)CN(c1ccc(Cl)cc1)S(=O)(=O)c1ccc(OC)c(OC)c1. The molecule has 0 radical (unpaired) electrons. The lowest BCUT2D eigenvalue weighted by Crippen LogP contribution is -2.53. The molecule has 242 valence electrons. The number of amides is 2. The fourth-order valence-corrected chi connectivity index (χ4v) is 6.43. The molecule has 0 spiro atoms. The van der Waals surface area contributed by atoms with Crippen LogP contribution in [0.25, 0.3) is 0 Å². The highest BCUT2D eigenvalue weighted by atomic mass is 35.5. The van der Waals surface area contributed by atoms with Crippen LogP contribution in [0.3, 0.4) is 0 Å². The molecule has 9 nitrogen and oxygen atoms in total. The van der Waals surface area contributed by atoms with Gasteiger partial charge in [-0.05, 0) is 66.6 Å². The van der Waals surface area contributed by atoms with Crippen molar-refractivity contribution in [3.63, 3.8) is 0 Å². The van der Waals surface area contributed by atoms with Gasteiger partial charge in [0.1, 0.15) is 18.4 Å². The number of nitrogens with zero attached hydrogens (tertiary/aromatic N) is 2. The van der Waals surface area contributed by atoms with E-state index < -0.39 is 40.2 Å². The molecule has 4 aromatic rings. The fourth-order valence-electron chi connectivity index (χ4n) is 4.87. The van der Waals surface area contributed by atoms with E-state index in [0.29, 0.717) is 22.9 Å². The van der Waals surface area contributed by atoms with Gasteiger partial charge in [0.25, 0.3) is 10.0 Å². The summed E-state index contributed by atoms with van der Waals surface area (Å²) in [5.41, 5.74) is 1.52. The molecule has 4 aromatic carbocycles. The Bertz CT molecular complexity index is 1740. The predicted molar refractivity (Wildman–Crippen MR) is 175 cm³/mol. The van der Waals surface area contributed by atoms with Gasteiger partial charge in [0.15, 0.2) is 11.5 Å². The van der Waals surface area contributed by atoms with Crippen LogP contribution in [0.5, 0.6) is 11.5 Å². The summed E-state index contributed by atoms with van der Waals surface area (Å²) in [6.45, 7) is 1.33.